The SMILES string of the molecule is CC(NS(=O)(=O)Cc1ccsc1Br)C(N)=O. The number of sulfonamides is 1. The molecule has 5 nitrogen and oxygen atoms in total. The third-order valence-corrected chi connectivity index (χ3v) is 5.04. The first-order valence-electron chi connectivity index (χ1n) is 4.33. The first-order chi connectivity index (χ1) is 7.32. The average molecular weight is 327 g/mol. The van der Waals surface area contributed by atoms with Crippen LogP contribution in [-0.4, -0.2) is 20.4 Å². The molecule has 1 atom stereocenters. The van der Waals surface area contributed by atoms with Crippen molar-refractivity contribution in [2.75, 3.05) is 0 Å². The minimum absolute atomic E-state index is 0.172. The number of nitrogens with one attached hydrogen (secondary N) is 1. The third kappa shape index (κ3) is 3.85. The summed E-state index contributed by atoms with van der Waals surface area (Å²) >= 11 is 4.65. The van der Waals surface area contributed by atoms with Crippen LogP contribution in [0.25, 0.3) is 0 Å². The van der Waals surface area contributed by atoms with E-state index in [4.69, 9.17) is 5.73 Å². The van der Waals surface area contributed by atoms with Gasteiger partial charge in [0.25, 0.3) is 0 Å². The van der Waals surface area contributed by atoms with Gasteiger partial charge in [0.05, 0.1) is 15.6 Å². The van der Waals surface area contributed by atoms with Gasteiger partial charge in [0.15, 0.2) is 0 Å². The van der Waals surface area contributed by atoms with Crippen molar-refractivity contribution in [3.63, 3.8) is 0 Å². The lowest BCUT2D eigenvalue weighted by Crippen LogP contribution is -2.42. The molecule has 1 aromatic rings. The van der Waals surface area contributed by atoms with E-state index in [0.29, 0.717) is 5.56 Å². The van der Waals surface area contributed by atoms with Crippen molar-refractivity contribution in [2.45, 2.75) is 18.7 Å². The normalized spacial score (nSPS) is 13.6. The van der Waals surface area contributed by atoms with Gasteiger partial charge in [-0.1, -0.05) is 0 Å². The lowest BCUT2D eigenvalue weighted by atomic mass is 10.4. The van der Waals surface area contributed by atoms with Crippen LogP contribution in [0.5, 0.6) is 0 Å². The minimum atomic E-state index is -3.55. The average Bonchev–Trinajstić information content (AvgIpc) is 2.50. The summed E-state index contributed by atoms with van der Waals surface area (Å²) in [6.45, 7) is 1.41. The van der Waals surface area contributed by atoms with Crippen molar-refractivity contribution >= 4 is 43.2 Å². The van der Waals surface area contributed by atoms with Crippen LogP contribution < -0.4 is 10.5 Å². The lowest BCUT2D eigenvalue weighted by molar-refractivity contribution is -0.119. The molecule has 16 heavy (non-hydrogen) atoms. The Balaban J connectivity index is 2.73. The van der Waals surface area contributed by atoms with E-state index in [1.165, 1.54) is 18.3 Å². The summed E-state index contributed by atoms with van der Waals surface area (Å²) in [6.07, 6.45) is 0. The van der Waals surface area contributed by atoms with Crippen LogP contribution in [0.2, 0.25) is 0 Å². The zero-order chi connectivity index (χ0) is 12.3. The largest absolute Gasteiger partial charge is 0.368 e. The van der Waals surface area contributed by atoms with Gasteiger partial charge in [-0.25, -0.2) is 13.1 Å². The molecule has 0 saturated heterocycles. The second kappa shape index (κ2) is 5.26. The van der Waals surface area contributed by atoms with E-state index in [0.717, 1.165) is 3.79 Å². The van der Waals surface area contributed by atoms with Crippen LogP contribution in [0, 0.1) is 0 Å². The number of halogens is 1. The highest BCUT2D eigenvalue weighted by molar-refractivity contribution is 9.11. The molecule has 0 aliphatic rings. The Morgan fingerprint density at radius 3 is 2.75 bits per heavy atom. The summed E-state index contributed by atoms with van der Waals surface area (Å²) in [6, 6.07) is 0.811. The van der Waals surface area contributed by atoms with Gasteiger partial charge in [0.1, 0.15) is 0 Å². The Hall–Kier alpha value is -0.440. The molecule has 1 aromatic heterocycles. The van der Waals surface area contributed by atoms with Gasteiger partial charge in [0.2, 0.25) is 15.9 Å². The number of hydrogen-bond acceptors (Lipinski definition) is 4. The summed E-state index contributed by atoms with van der Waals surface area (Å²) in [5.74, 6) is -0.873. The van der Waals surface area contributed by atoms with Crippen LogP contribution in [0.1, 0.15) is 12.5 Å². The molecule has 3 N–H and O–H groups in total. The summed E-state index contributed by atoms with van der Waals surface area (Å²) in [4.78, 5) is 10.7. The fourth-order valence-electron chi connectivity index (χ4n) is 0.996. The van der Waals surface area contributed by atoms with Crippen molar-refractivity contribution in [3.8, 4) is 0 Å². The first-order valence-corrected chi connectivity index (χ1v) is 7.65. The smallest absolute Gasteiger partial charge is 0.235 e. The van der Waals surface area contributed by atoms with Crippen molar-refractivity contribution in [1.82, 2.24) is 4.72 Å². The van der Waals surface area contributed by atoms with Crippen LogP contribution in [0.3, 0.4) is 0 Å². The Bertz CT molecular complexity index is 483. The molecule has 1 amide bonds. The molecule has 0 spiro atoms. The molecule has 8 heteroatoms. The fraction of sp³-hybridized carbons (Fsp3) is 0.375. The Kier molecular flexibility index (Phi) is 4.48. The van der Waals surface area contributed by atoms with Gasteiger partial charge < -0.3 is 5.73 Å². The van der Waals surface area contributed by atoms with Gasteiger partial charge in [-0.15, -0.1) is 11.3 Å². The molecule has 0 aromatic carbocycles. The molecule has 1 heterocycles. The number of amides is 1. The van der Waals surface area contributed by atoms with E-state index in [1.807, 2.05) is 0 Å². The zero-order valence-electron chi connectivity index (χ0n) is 8.44. The van der Waals surface area contributed by atoms with Crippen molar-refractivity contribution in [1.29, 1.82) is 0 Å². The number of carbonyl (C=O) groups excluding carboxylic acids is 1. The molecule has 1 rings (SSSR count). The van der Waals surface area contributed by atoms with E-state index in [-0.39, 0.29) is 5.75 Å². The second-order valence-corrected chi connectivity index (χ2v) is 7.21. The van der Waals surface area contributed by atoms with Crippen LogP contribution in [-0.2, 0) is 20.6 Å². The molecule has 0 fully saturated rings. The Morgan fingerprint density at radius 2 is 2.31 bits per heavy atom. The molecule has 0 radical (unpaired) electrons. The second-order valence-electron chi connectivity index (χ2n) is 3.22. The number of hydrogen-bond donors (Lipinski definition) is 2. The predicted octanol–water partition coefficient (Wildman–Crippen LogP) is 0.804. The lowest BCUT2D eigenvalue weighted by Gasteiger charge is -2.10. The highest BCUT2D eigenvalue weighted by Crippen LogP contribution is 2.24. The number of rotatable bonds is 5. The van der Waals surface area contributed by atoms with Gasteiger partial charge in [-0.2, -0.15) is 0 Å². The minimum Gasteiger partial charge on any atom is -0.368 e. The van der Waals surface area contributed by atoms with E-state index in [9.17, 15) is 13.2 Å². The number of carbonyl (C=O) groups is 1. The summed E-state index contributed by atoms with van der Waals surface area (Å²) in [7, 11) is -3.55. The van der Waals surface area contributed by atoms with Gasteiger partial charge in [-0.3, -0.25) is 4.79 Å². The Morgan fingerprint density at radius 1 is 1.69 bits per heavy atom. The molecule has 90 valence electrons. The van der Waals surface area contributed by atoms with Crippen LogP contribution >= 0.6 is 27.3 Å². The first kappa shape index (κ1) is 13.6. The van der Waals surface area contributed by atoms with Gasteiger partial charge in [0, 0.05) is 0 Å². The molecule has 0 aliphatic heterocycles. The van der Waals surface area contributed by atoms with E-state index >= 15 is 0 Å². The van der Waals surface area contributed by atoms with Crippen LogP contribution in [0.4, 0.5) is 0 Å². The highest BCUT2D eigenvalue weighted by atomic mass is 79.9. The maximum absolute atomic E-state index is 11.6. The van der Waals surface area contributed by atoms with Crippen LogP contribution in [0.15, 0.2) is 15.2 Å². The van der Waals surface area contributed by atoms with Gasteiger partial charge >= 0.3 is 0 Å². The standard InChI is InChI=1S/C8H11BrN2O3S2/c1-5(8(10)12)11-16(13,14)4-6-2-3-15-7(6)9/h2-3,5,11H,4H2,1H3,(H2,10,12). The molecule has 1 unspecified atom stereocenters. The number of nitrogens with two attached hydrogens (primary N) is 1. The van der Waals surface area contributed by atoms with Crippen molar-refractivity contribution in [2.24, 2.45) is 5.73 Å². The predicted molar refractivity (Wildman–Crippen MR) is 66.4 cm³/mol. The molecular formula is C8H11BrN2O3S2. The summed E-state index contributed by atoms with van der Waals surface area (Å²) < 4.78 is 26.2. The zero-order valence-corrected chi connectivity index (χ0v) is 11.7. The molecular weight excluding hydrogens is 316 g/mol. The maximum atomic E-state index is 11.6. The van der Waals surface area contributed by atoms with Crippen molar-refractivity contribution in [3.05, 3.63) is 20.8 Å². The molecule has 0 aliphatic carbocycles. The molecule has 0 bridgehead atoms. The number of primary amides is 1. The monoisotopic (exact) mass is 326 g/mol. The van der Waals surface area contributed by atoms with E-state index < -0.39 is 22.0 Å². The van der Waals surface area contributed by atoms with Gasteiger partial charge in [-0.05, 0) is 39.9 Å². The fourth-order valence-corrected chi connectivity index (χ4v) is 3.90. The van der Waals surface area contributed by atoms with E-state index in [1.54, 1.807) is 11.4 Å². The molecule has 0 saturated carbocycles. The third-order valence-electron chi connectivity index (χ3n) is 1.82. The van der Waals surface area contributed by atoms with Crippen molar-refractivity contribution < 1.29 is 13.2 Å². The summed E-state index contributed by atoms with van der Waals surface area (Å²) in [5.41, 5.74) is 5.63. The van der Waals surface area contributed by atoms with E-state index in [2.05, 4.69) is 20.7 Å². The maximum Gasteiger partial charge on any atom is 0.235 e. The Labute approximate surface area is 106 Å². The topological polar surface area (TPSA) is 89.3 Å². The summed E-state index contributed by atoms with van der Waals surface area (Å²) in [5, 5.41) is 1.78. The quantitative estimate of drug-likeness (QED) is 0.838. The number of thiophene rings is 1. The highest BCUT2D eigenvalue weighted by Gasteiger charge is 2.19.